The molecule has 1 aromatic carbocycles. The molecule has 1 aromatic rings. The van der Waals surface area contributed by atoms with Crippen LogP contribution in [0, 0.1) is 5.92 Å². The molecular weight excluding hydrogens is 272 g/mol. The first-order chi connectivity index (χ1) is 10.1. The minimum Gasteiger partial charge on any atom is -0.497 e. The van der Waals surface area contributed by atoms with Crippen molar-refractivity contribution in [3.05, 3.63) is 29.8 Å². The first kappa shape index (κ1) is 16.2. The summed E-state index contributed by atoms with van der Waals surface area (Å²) < 4.78 is 32.0. The molecule has 1 unspecified atom stereocenters. The van der Waals surface area contributed by atoms with Crippen molar-refractivity contribution in [3.63, 3.8) is 0 Å². The number of benzene rings is 1. The van der Waals surface area contributed by atoms with E-state index in [0.717, 1.165) is 24.3 Å². The monoisotopic (exact) mass is 297 g/mol. The van der Waals surface area contributed by atoms with Crippen molar-refractivity contribution < 1.29 is 13.5 Å². The Morgan fingerprint density at radius 1 is 1.33 bits per heavy atom. The standard InChI is InChI=1S/C17H25F2NO/c1-3-11-20-16(13-7-9-17(18,19)10-8-13)14-5-4-6-15(12-14)21-2/h4-6,12-13,16,20H,3,7-11H2,1-2H3. The molecule has 2 nitrogen and oxygen atoms in total. The van der Waals surface area contributed by atoms with Gasteiger partial charge in [0.25, 0.3) is 0 Å². The summed E-state index contributed by atoms with van der Waals surface area (Å²) in [6, 6.07) is 8.08. The van der Waals surface area contributed by atoms with Crippen LogP contribution in [0.5, 0.6) is 5.75 Å². The summed E-state index contributed by atoms with van der Waals surface area (Å²) in [5.41, 5.74) is 1.14. The molecule has 0 radical (unpaired) electrons. The molecule has 1 saturated carbocycles. The second kappa shape index (κ2) is 7.21. The van der Waals surface area contributed by atoms with Gasteiger partial charge in [-0.1, -0.05) is 19.1 Å². The number of alkyl halides is 2. The summed E-state index contributed by atoms with van der Waals surface area (Å²) in [5.74, 6) is -1.39. The fourth-order valence-electron chi connectivity index (χ4n) is 3.09. The van der Waals surface area contributed by atoms with Gasteiger partial charge in [-0.25, -0.2) is 8.78 Å². The zero-order valence-electron chi connectivity index (χ0n) is 12.9. The Morgan fingerprint density at radius 3 is 2.67 bits per heavy atom. The van der Waals surface area contributed by atoms with E-state index in [-0.39, 0.29) is 24.8 Å². The van der Waals surface area contributed by atoms with Crippen LogP contribution in [0.25, 0.3) is 0 Å². The summed E-state index contributed by atoms with van der Waals surface area (Å²) in [7, 11) is 1.65. The normalized spacial score (nSPS) is 20.2. The average Bonchev–Trinajstić information content (AvgIpc) is 2.49. The van der Waals surface area contributed by atoms with Gasteiger partial charge in [-0.05, 0) is 49.4 Å². The van der Waals surface area contributed by atoms with E-state index in [1.807, 2.05) is 18.2 Å². The van der Waals surface area contributed by atoms with Crippen LogP contribution in [0.15, 0.2) is 24.3 Å². The van der Waals surface area contributed by atoms with Crippen molar-refractivity contribution in [3.8, 4) is 5.75 Å². The minimum absolute atomic E-state index is 0.00589. The highest BCUT2D eigenvalue weighted by Crippen LogP contribution is 2.41. The molecule has 0 heterocycles. The number of ether oxygens (including phenoxy) is 1. The fourth-order valence-corrected chi connectivity index (χ4v) is 3.09. The molecule has 0 aliphatic heterocycles. The van der Waals surface area contributed by atoms with Crippen LogP contribution >= 0.6 is 0 Å². The third-order valence-electron chi connectivity index (χ3n) is 4.30. The van der Waals surface area contributed by atoms with Crippen LogP contribution < -0.4 is 10.1 Å². The van der Waals surface area contributed by atoms with Crippen LogP contribution in [-0.4, -0.2) is 19.6 Å². The van der Waals surface area contributed by atoms with E-state index >= 15 is 0 Å². The minimum atomic E-state index is -2.47. The summed E-state index contributed by atoms with van der Waals surface area (Å²) in [6.07, 6.45) is 2.19. The van der Waals surface area contributed by atoms with Gasteiger partial charge in [0.2, 0.25) is 5.92 Å². The largest absolute Gasteiger partial charge is 0.497 e. The molecule has 1 atom stereocenters. The third-order valence-corrected chi connectivity index (χ3v) is 4.30. The van der Waals surface area contributed by atoms with Gasteiger partial charge in [0, 0.05) is 18.9 Å². The van der Waals surface area contributed by atoms with Crippen LogP contribution in [-0.2, 0) is 0 Å². The number of nitrogens with one attached hydrogen (secondary N) is 1. The quantitative estimate of drug-likeness (QED) is 0.831. The maximum Gasteiger partial charge on any atom is 0.248 e. The number of hydrogen-bond acceptors (Lipinski definition) is 2. The van der Waals surface area contributed by atoms with E-state index in [2.05, 4.69) is 18.3 Å². The van der Waals surface area contributed by atoms with E-state index in [1.54, 1.807) is 7.11 Å². The van der Waals surface area contributed by atoms with Crippen molar-refractivity contribution in [2.75, 3.05) is 13.7 Å². The van der Waals surface area contributed by atoms with Crippen LogP contribution in [0.4, 0.5) is 8.78 Å². The molecule has 2 rings (SSSR count). The van der Waals surface area contributed by atoms with Crippen LogP contribution in [0.1, 0.15) is 50.6 Å². The lowest BCUT2D eigenvalue weighted by Crippen LogP contribution is -2.34. The molecule has 1 N–H and O–H groups in total. The molecule has 118 valence electrons. The summed E-state index contributed by atoms with van der Waals surface area (Å²) in [4.78, 5) is 0. The fraction of sp³-hybridized carbons (Fsp3) is 0.647. The maximum absolute atomic E-state index is 13.4. The second-order valence-electron chi connectivity index (χ2n) is 5.90. The van der Waals surface area contributed by atoms with Gasteiger partial charge in [0.05, 0.1) is 7.11 Å². The zero-order chi connectivity index (χ0) is 15.3. The molecular formula is C17H25F2NO. The van der Waals surface area contributed by atoms with Crippen LogP contribution in [0.3, 0.4) is 0 Å². The molecule has 4 heteroatoms. The maximum atomic E-state index is 13.4. The van der Waals surface area contributed by atoms with Crippen molar-refractivity contribution in [1.82, 2.24) is 5.32 Å². The van der Waals surface area contributed by atoms with Crippen molar-refractivity contribution in [2.45, 2.75) is 51.0 Å². The number of hydrogen-bond donors (Lipinski definition) is 1. The molecule has 1 fully saturated rings. The molecule has 0 saturated heterocycles. The Kier molecular flexibility index (Phi) is 5.57. The van der Waals surface area contributed by atoms with Gasteiger partial charge in [-0.3, -0.25) is 0 Å². The molecule has 1 aliphatic carbocycles. The van der Waals surface area contributed by atoms with Crippen molar-refractivity contribution in [2.24, 2.45) is 5.92 Å². The molecule has 0 spiro atoms. The van der Waals surface area contributed by atoms with Gasteiger partial charge in [-0.2, -0.15) is 0 Å². The summed E-state index contributed by atoms with van der Waals surface area (Å²) in [6.45, 7) is 3.01. The SMILES string of the molecule is CCCNC(c1cccc(OC)c1)C1CCC(F)(F)CC1. The van der Waals surface area contributed by atoms with E-state index in [0.29, 0.717) is 12.8 Å². The Labute approximate surface area is 125 Å². The van der Waals surface area contributed by atoms with Gasteiger partial charge < -0.3 is 10.1 Å². The number of methoxy groups -OCH3 is 1. The number of rotatable bonds is 6. The van der Waals surface area contributed by atoms with E-state index in [1.165, 1.54) is 0 Å². The first-order valence-electron chi connectivity index (χ1n) is 7.81. The third kappa shape index (κ3) is 4.40. The van der Waals surface area contributed by atoms with Crippen molar-refractivity contribution in [1.29, 1.82) is 0 Å². The molecule has 0 amide bonds. The Morgan fingerprint density at radius 2 is 2.05 bits per heavy atom. The average molecular weight is 297 g/mol. The second-order valence-corrected chi connectivity index (χ2v) is 5.90. The lowest BCUT2D eigenvalue weighted by molar-refractivity contribution is -0.0497. The van der Waals surface area contributed by atoms with Gasteiger partial charge >= 0.3 is 0 Å². The van der Waals surface area contributed by atoms with E-state index in [4.69, 9.17) is 4.74 Å². The van der Waals surface area contributed by atoms with E-state index in [9.17, 15) is 8.78 Å². The molecule has 21 heavy (non-hydrogen) atoms. The van der Waals surface area contributed by atoms with Crippen LogP contribution in [0.2, 0.25) is 0 Å². The summed E-state index contributed by atoms with van der Waals surface area (Å²) in [5, 5.41) is 3.53. The molecule has 0 bridgehead atoms. The van der Waals surface area contributed by atoms with Crippen molar-refractivity contribution >= 4 is 0 Å². The van der Waals surface area contributed by atoms with Gasteiger partial charge in [0.1, 0.15) is 5.75 Å². The smallest absolute Gasteiger partial charge is 0.248 e. The predicted molar refractivity (Wildman–Crippen MR) is 80.9 cm³/mol. The topological polar surface area (TPSA) is 21.3 Å². The Bertz CT molecular complexity index is 440. The molecule has 0 aromatic heterocycles. The first-order valence-corrected chi connectivity index (χ1v) is 7.81. The molecule has 1 aliphatic rings. The number of halogens is 2. The zero-order valence-corrected chi connectivity index (χ0v) is 12.9. The highest BCUT2D eigenvalue weighted by atomic mass is 19.3. The highest BCUT2D eigenvalue weighted by molar-refractivity contribution is 5.31. The Hall–Kier alpha value is -1.16. The highest BCUT2D eigenvalue weighted by Gasteiger charge is 2.37. The van der Waals surface area contributed by atoms with E-state index < -0.39 is 5.92 Å². The van der Waals surface area contributed by atoms with Gasteiger partial charge in [-0.15, -0.1) is 0 Å². The predicted octanol–water partition coefficient (Wildman–Crippen LogP) is 4.56. The summed E-state index contributed by atoms with van der Waals surface area (Å²) >= 11 is 0. The lowest BCUT2D eigenvalue weighted by Gasteiger charge is -2.34. The lowest BCUT2D eigenvalue weighted by atomic mass is 9.79. The Balaban J connectivity index is 2.13. The van der Waals surface area contributed by atoms with Gasteiger partial charge in [0.15, 0.2) is 0 Å².